The largest absolute Gasteiger partial charge is 0.494 e. The smallest absolute Gasteiger partial charge is 0.306 e. The minimum Gasteiger partial charge on any atom is -0.494 e. The lowest BCUT2D eigenvalue weighted by Crippen LogP contribution is -2.39. The number of carboxylic acid groups (broad SMARTS) is 1. The van der Waals surface area contributed by atoms with Crippen molar-refractivity contribution in [3.63, 3.8) is 0 Å². The van der Waals surface area contributed by atoms with Crippen LogP contribution in [0.2, 0.25) is 0 Å². The number of halogens is 1. The molecule has 24 heavy (non-hydrogen) atoms. The normalized spacial score (nSPS) is 17.6. The Morgan fingerprint density at radius 2 is 2.12 bits per heavy atom. The summed E-state index contributed by atoms with van der Waals surface area (Å²) >= 11 is 0. The third kappa shape index (κ3) is 3.28. The van der Waals surface area contributed by atoms with E-state index in [0.717, 1.165) is 5.56 Å². The van der Waals surface area contributed by atoms with Gasteiger partial charge < -0.3 is 14.3 Å². The number of nitrogens with zero attached hydrogens (tertiary/aromatic N) is 1. The highest BCUT2D eigenvalue weighted by atomic mass is 19.1. The first-order valence-corrected chi connectivity index (χ1v) is 7.94. The monoisotopic (exact) mass is 333 g/mol. The van der Waals surface area contributed by atoms with Crippen molar-refractivity contribution in [1.82, 2.24) is 4.90 Å². The van der Waals surface area contributed by atoms with Crippen LogP contribution < -0.4 is 4.74 Å². The summed E-state index contributed by atoms with van der Waals surface area (Å²) in [6, 6.07) is 8.29. The summed E-state index contributed by atoms with van der Waals surface area (Å²) in [6.07, 6.45) is 2.74. The van der Waals surface area contributed by atoms with Gasteiger partial charge in [-0.1, -0.05) is 6.07 Å². The quantitative estimate of drug-likeness (QED) is 0.909. The van der Waals surface area contributed by atoms with Crippen molar-refractivity contribution >= 4 is 5.97 Å². The predicted molar refractivity (Wildman–Crippen MR) is 85.4 cm³/mol. The number of carboxylic acids is 1. The molecule has 1 aliphatic rings. The summed E-state index contributed by atoms with van der Waals surface area (Å²) in [4.78, 5) is 13.3. The van der Waals surface area contributed by atoms with Gasteiger partial charge in [0.2, 0.25) is 0 Å². The number of methoxy groups -OCH3 is 1. The highest BCUT2D eigenvalue weighted by Gasteiger charge is 2.31. The van der Waals surface area contributed by atoms with E-state index in [2.05, 4.69) is 4.90 Å². The average Bonchev–Trinajstić information content (AvgIpc) is 3.10. The van der Waals surface area contributed by atoms with E-state index in [-0.39, 0.29) is 17.7 Å². The van der Waals surface area contributed by atoms with Crippen molar-refractivity contribution in [2.45, 2.75) is 18.9 Å². The Labute approximate surface area is 139 Å². The number of hydrogen-bond donors (Lipinski definition) is 1. The molecule has 0 amide bonds. The van der Waals surface area contributed by atoms with Crippen LogP contribution >= 0.6 is 0 Å². The van der Waals surface area contributed by atoms with Gasteiger partial charge in [0.15, 0.2) is 11.6 Å². The Hall–Kier alpha value is -2.34. The molecule has 1 atom stereocenters. The second kappa shape index (κ2) is 7.05. The van der Waals surface area contributed by atoms with Crippen LogP contribution in [0.4, 0.5) is 4.39 Å². The summed E-state index contributed by atoms with van der Waals surface area (Å²) in [6.45, 7) is 1.24. The molecule has 1 N–H and O–H groups in total. The first-order valence-electron chi connectivity index (χ1n) is 7.94. The molecule has 6 heteroatoms. The maximum absolute atomic E-state index is 14.1. The van der Waals surface area contributed by atoms with Gasteiger partial charge in [-0.3, -0.25) is 9.69 Å². The molecule has 0 spiro atoms. The summed E-state index contributed by atoms with van der Waals surface area (Å²) in [5.41, 5.74) is 0.761. The molecule has 1 aromatic carbocycles. The van der Waals surface area contributed by atoms with E-state index in [9.17, 15) is 9.18 Å². The Balaban J connectivity index is 1.88. The molecule has 0 bridgehead atoms. The van der Waals surface area contributed by atoms with Gasteiger partial charge in [0.05, 0.1) is 25.3 Å². The molecule has 1 unspecified atom stereocenters. The molecule has 0 saturated carbocycles. The van der Waals surface area contributed by atoms with E-state index >= 15 is 0 Å². The number of piperidine rings is 1. The van der Waals surface area contributed by atoms with E-state index in [1.165, 1.54) is 13.2 Å². The number of ether oxygens (including phenoxy) is 1. The second-order valence-corrected chi connectivity index (χ2v) is 5.96. The lowest BCUT2D eigenvalue weighted by molar-refractivity contribution is -0.143. The molecule has 1 aromatic heterocycles. The van der Waals surface area contributed by atoms with E-state index in [1.54, 1.807) is 18.4 Å². The SMILES string of the molecule is COc1ccc(C(c2ccco2)N2CCC(C(=O)O)CC2)cc1F. The molecule has 2 aromatic rings. The molecule has 3 rings (SSSR count). The van der Waals surface area contributed by atoms with Crippen molar-refractivity contribution in [2.75, 3.05) is 20.2 Å². The van der Waals surface area contributed by atoms with Gasteiger partial charge in [-0.15, -0.1) is 0 Å². The van der Waals surface area contributed by atoms with Gasteiger partial charge in [0.25, 0.3) is 0 Å². The standard InChI is InChI=1S/C18H20FNO4/c1-23-15-5-4-13(11-14(15)19)17(16-3-2-10-24-16)20-8-6-12(7-9-20)18(21)22/h2-5,10-12,17H,6-9H2,1H3,(H,21,22). The Bertz CT molecular complexity index is 693. The summed E-state index contributed by atoms with van der Waals surface area (Å²) in [7, 11) is 1.43. The van der Waals surface area contributed by atoms with Crippen LogP contribution in [0, 0.1) is 11.7 Å². The van der Waals surface area contributed by atoms with E-state index in [4.69, 9.17) is 14.3 Å². The third-order valence-electron chi connectivity index (χ3n) is 4.55. The van der Waals surface area contributed by atoms with Crippen LogP contribution in [0.25, 0.3) is 0 Å². The number of rotatable bonds is 5. The summed E-state index contributed by atoms with van der Waals surface area (Å²) in [5.74, 6) is -0.576. The fourth-order valence-electron chi connectivity index (χ4n) is 3.26. The molecular formula is C18H20FNO4. The number of hydrogen-bond acceptors (Lipinski definition) is 4. The molecule has 1 aliphatic heterocycles. The Kier molecular flexibility index (Phi) is 4.85. The van der Waals surface area contributed by atoms with Crippen LogP contribution in [0.5, 0.6) is 5.75 Å². The summed E-state index contributed by atoms with van der Waals surface area (Å²) in [5, 5.41) is 9.16. The van der Waals surface area contributed by atoms with E-state index in [0.29, 0.717) is 31.7 Å². The molecule has 2 heterocycles. The van der Waals surface area contributed by atoms with Crippen molar-refractivity contribution in [3.8, 4) is 5.75 Å². The maximum atomic E-state index is 14.1. The molecule has 1 saturated heterocycles. The number of benzene rings is 1. The minimum atomic E-state index is -0.750. The molecule has 0 radical (unpaired) electrons. The first-order chi connectivity index (χ1) is 11.6. The molecular weight excluding hydrogens is 313 g/mol. The number of furan rings is 1. The third-order valence-corrected chi connectivity index (χ3v) is 4.55. The van der Waals surface area contributed by atoms with E-state index in [1.807, 2.05) is 12.1 Å². The van der Waals surface area contributed by atoms with Crippen LogP contribution in [0.15, 0.2) is 41.0 Å². The van der Waals surface area contributed by atoms with Gasteiger partial charge in [0.1, 0.15) is 5.76 Å². The molecule has 0 aliphatic carbocycles. The van der Waals surface area contributed by atoms with Gasteiger partial charge >= 0.3 is 5.97 Å². The van der Waals surface area contributed by atoms with Crippen LogP contribution in [0.3, 0.4) is 0 Å². The van der Waals surface area contributed by atoms with Gasteiger partial charge in [0, 0.05) is 0 Å². The van der Waals surface area contributed by atoms with Gasteiger partial charge in [-0.25, -0.2) is 4.39 Å². The highest BCUT2D eigenvalue weighted by molar-refractivity contribution is 5.70. The fourth-order valence-corrected chi connectivity index (χ4v) is 3.26. The van der Waals surface area contributed by atoms with Gasteiger partial charge in [-0.2, -0.15) is 0 Å². The molecule has 1 fully saturated rings. The zero-order chi connectivity index (χ0) is 17.1. The lowest BCUT2D eigenvalue weighted by Gasteiger charge is -2.35. The minimum absolute atomic E-state index is 0.196. The maximum Gasteiger partial charge on any atom is 0.306 e. The topological polar surface area (TPSA) is 62.9 Å². The fraction of sp³-hybridized carbons (Fsp3) is 0.389. The predicted octanol–water partition coefficient (Wildman–Crippen LogP) is 3.31. The number of carbonyl (C=O) groups is 1. The zero-order valence-electron chi connectivity index (χ0n) is 13.4. The Morgan fingerprint density at radius 1 is 1.38 bits per heavy atom. The van der Waals surface area contributed by atoms with Crippen molar-refractivity contribution < 1.29 is 23.4 Å². The van der Waals surface area contributed by atoms with E-state index < -0.39 is 11.8 Å². The highest BCUT2D eigenvalue weighted by Crippen LogP contribution is 2.34. The average molecular weight is 333 g/mol. The second-order valence-electron chi connectivity index (χ2n) is 5.96. The van der Waals surface area contributed by atoms with Crippen molar-refractivity contribution in [1.29, 1.82) is 0 Å². The number of likely N-dealkylation sites (tertiary alicyclic amines) is 1. The first kappa shape index (κ1) is 16.5. The van der Waals surface area contributed by atoms with Gasteiger partial charge in [-0.05, 0) is 55.8 Å². The van der Waals surface area contributed by atoms with Crippen molar-refractivity contribution in [2.24, 2.45) is 5.92 Å². The van der Waals surface area contributed by atoms with Crippen LogP contribution in [-0.2, 0) is 4.79 Å². The van der Waals surface area contributed by atoms with Crippen LogP contribution in [0.1, 0.15) is 30.2 Å². The number of aliphatic carboxylic acids is 1. The molecule has 5 nitrogen and oxygen atoms in total. The Morgan fingerprint density at radius 3 is 2.67 bits per heavy atom. The zero-order valence-corrected chi connectivity index (χ0v) is 13.4. The summed E-state index contributed by atoms with van der Waals surface area (Å²) < 4.78 is 24.7. The van der Waals surface area contributed by atoms with Crippen molar-refractivity contribution in [3.05, 3.63) is 53.7 Å². The van der Waals surface area contributed by atoms with Crippen LogP contribution in [-0.4, -0.2) is 36.2 Å². The molecule has 128 valence electrons. The lowest BCUT2D eigenvalue weighted by atomic mass is 9.93.